The first-order chi connectivity index (χ1) is 22.4. The van der Waals surface area contributed by atoms with Crippen LogP contribution in [0.25, 0.3) is 0 Å². The molecule has 0 saturated heterocycles. The van der Waals surface area contributed by atoms with Gasteiger partial charge in [0.1, 0.15) is 11.5 Å². The van der Waals surface area contributed by atoms with E-state index in [4.69, 9.17) is 4.74 Å². The van der Waals surface area contributed by atoms with Gasteiger partial charge < -0.3 is 14.5 Å². The van der Waals surface area contributed by atoms with Crippen LogP contribution >= 0.6 is 0 Å². The molecule has 6 rings (SSSR count). The van der Waals surface area contributed by atoms with Crippen LogP contribution in [0, 0.1) is 10.8 Å². The summed E-state index contributed by atoms with van der Waals surface area (Å²) in [6.07, 6.45) is 3.24. The topological polar surface area (TPSA) is 49.9 Å². The molecule has 2 atom stereocenters. The highest BCUT2D eigenvalue weighted by Crippen LogP contribution is 2.38. The van der Waals surface area contributed by atoms with Gasteiger partial charge in [-0.25, -0.2) is 0 Å². The van der Waals surface area contributed by atoms with Gasteiger partial charge in [0.15, 0.2) is 0 Å². The second-order valence-electron chi connectivity index (χ2n) is 15.2. The average molecular weight is 629 g/mol. The van der Waals surface area contributed by atoms with Crippen LogP contribution in [0.4, 0.5) is 0 Å². The SMILES string of the molecule is CC(C)(C)C(=O)N1CCc2ccccc2C1Cc1ccc(Oc2cccc(CC3c4ccccc4CCN3C(=O)C(C)(C)C)c2)cc1. The molecule has 4 aromatic carbocycles. The van der Waals surface area contributed by atoms with Crippen molar-refractivity contribution < 1.29 is 14.3 Å². The van der Waals surface area contributed by atoms with Crippen LogP contribution in [0.2, 0.25) is 0 Å². The standard InChI is InChI=1S/C42H48N2O3/c1-41(2,3)39(45)43-24-22-31-13-7-9-16-35(31)37(43)27-29-18-20-33(21-19-29)47-34-15-11-12-30(26-34)28-38-36-17-10-8-14-32(36)23-25-44(38)40(46)42(4,5)6/h7-21,26,37-38H,22-25,27-28H2,1-6H3. The van der Waals surface area contributed by atoms with Crippen molar-refractivity contribution >= 4 is 11.8 Å². The molecule has 5 nitrogen and oxygen atoms in total. The first kappa shape index (κ1) is 32.6. The molecule has 2 amide bonds. The van der Waals surface area contributed by atoms with Crippen molar-refractivity contribution in [2.45, 2.75) is 79.3 Å². The van der Waals surface area contributed by atoms with E-state index in [1.54, 1.807) is 0 Å². The minimum Gasteiger partial charge on any atom is -0.457 e. The zero-order valence-corrected chi connectivity index (χ0v) is 28.8. The number of benzene rings is 4. The highest BCUT2D eigenvalue weighted by atomic mass is 16.5. The van der Waals surface area contributed by atoms with Crippen LogP contribution in [0.3, 0.4) is 0 Å². The maximum atomic E-state index is 13.5. The van der Waals surface area contributed by atoms with Crippen molar-refractivity contribution in [1.29, 1.82) is 0 Å². The summed E-state index contributed by atoms with van der Waals surface area (Å²) in [5.74, 6) is 1.92. The van der Waals surface area contributed by atoms with Crippen LogP contribution in [0.15, 0.2) is 97.1 Å². The van der Waals surface area contributed by atoms with Gasteiger partial charge in [0.05, 0.1) is 12.1 Å². The Bertz CT molecular complexity index is 1740. The molecule has 2 heterocycles. The Morgan fingerprint density at radius 3 is 1.60 bits per heavy atom. The Morgan fingerprint density at radius 2 is 1.09 bits per heavy atom. The van der Waals surface area contributed by atoms with Crippen LogP contribution in [-0.2, 0) is 35.3 Å². The van der Waals surface area contributed by atoms with E-state index >= 15 is 0 Å². The average Bonchev–Trinajstić information content (AvgIpc) is 3.04. The lowest BCUT2D eigenvalue weighted by molar-refractivity contribution is -0.143. The molecule has 0 N–H and O–H groups in total. The van der Waals surface area contributed by atoms with Gasteiger partial charge in [-0.3, -0.25) is 9.59 Å². The molecule has 244 valence electrons. The van der Waals surface area contributed by atoms with E-state index in [1.165, 1.54) is 27.8 Å². The summed E-state index contributed by atoms with van der Waals surface area (Å²) < 4.78 is 6.37. The van der Waals surface area contributed by atoms with Crippen LogP contribution in [0.5, 0.6) is 11.5 Å². The van der Waals surface area contributed by atoms with Crippen molar-refractivity contribution in [2.75, 3.05) is 13.1 Å². The van der Waals surface area contributed by atoms with Gasteiger partial charge in [-0.2, -0.15) is 0 Å². The summed E-state index contributed by atoms with van der Waals surface area (Å²) in [5, 5.41) is 0. The molecular formula is C42H48N2O3. The fourth-order valence-corrected chi connectivity index (χ4v) is 7.10. The van der Waals surface area contributed by atoms with Gasteiger partial charge in [0.2, 0.25) is 11.8 Å². The molecule has 0 bridgehead atoms. The summed E-state index contributed by atoms with van der Waals surface area (Å²) in [7, 11) is 0. The third-order valence-electron chi connectivity index (χ3n) is 9.55. The van der Waals surface area contributed by atoms with Gasteiger partial charge in [0.25, 0.3) is 0 Å². The molecule has 47 heavy (non-hydrogen) atoms. The van der Waals surface area contributed by atoms with E-state index in [9.17, 15) is 9.59 Å². The maximum Gasteiger partial charge on any atom is 0.228 e. The second kappa shape index (κ2) is 13.0. The smallest absolute Gasteiger partial charge is 0.228 e. The Morgan fingerprint density at radius 1 is 0.596 bits per heavy atom. The van der Waals surface area contributed by atoms with E-state index < -0.39 is 10.8 Å². The zero-order chi connectivity index (χ0) is 33.3. The van der Waals surface area contributed by atoms with Crippen molar-refractivity contribution in [1.82, 2.24) is 9.80 Å². The first-order valence-electron chi connectivity index (χ1n) is 17.0. The van der Waals surface area contributed by atoms with E-state index in [0.717, 1.165) is 55.8 Å². The van der Waals surface area contributed by atoms with Crippen LogP contribution in [0.1, 0.15) is 87.0 Å². The molecule has 0 fully saturated rings. The molecule has 4 aromatic rings. The van der Waals surface area contributed by atoms with Gasteiger partial charge >= 0.3 is 0 Å². The number of carbonyl (C=O) groups is 2. The Kier molecular flexibility index (Phi) is 9.02. The van der Waals surface area contributed by atoms with E-state index in [-0.39, 0.29) is 23.9 Å². The molecule has 0 radical (unpaired) electrons. The van der Waals surface area contributed by atoms with E-state index in [2.05, 4.69) is 82.6 Å². The normalized spacial score (nSPS) is 17.9. The Balaban J connectivity index is 1.19. The number of fused-ring (bicyclic) bond motifs is 2. The van der Waals surface area contributed by atoms with Crippen LogP contribution in [-0.4, -0.2) is 34.7 Å². The molecule has 0 aromatic heterocycles. The van der Waals surface area contributed by atoms with Crippen molar-refractivity contribution in [3.8, 4) is 11.5 Å². The van der Waals surface area contributed by atoms with E-state index in [1.807, 2.05) is 65.8 Å². The molecular weight excluding hydrogens is 580 g/mol. The fourth-order valence-electron chi connectivity index (χ4n) is 7.10. The number of amides is 2. The fraction of sp³-hybridized carbons (Fsp3) is 0.381. The predicted molar refractivity (Wildman–Crippen MR) is 188 cm³/mol. The molecule has 0 spiro atoms. The number of hydrogen-bond acceptors (Lipinski definition) is 3. The van der Waals surface area contributed by atoms with Crippen molar-refractivity contribution in [3.05, 3.63) is 130 Å². The summed E-state index contributed by atoms with van der Waals surface area (Å²) in [6.45, 7) is 13.5. The molecule has 2 aliphatic rings. The first-order valence-corrected chi connectivity index (χ1v) is 17.0. The minimum atomic E-state index is -0.442. The Hall–Kier alpha value is -4.38. The lowest BCUT2D eigenvalue weighted by Gasteiger charge is -2.40. The third kappa shape index (κ3) is 7.15. The Labute approximate surface area is 280 Å². The maximum absolute atomic E-state index is 13.5. The summed E-state index contributed by atoms with van der Waals surface area (Å²) in [5.41, 5.74) is 6.56. The number of rotatable bonds is 6. The van der Waals surface area contributed by atoms with Crippen LogP contribution < -0.4 is 4.74 Å². The van der Waals surface area contributed by atoms with E-state index in [0.29, 0.717) is 0 Å². The third-order valence-corrected chi connectivity index (χ3v) is 9.55. The summed E-state index contributed by atoms with van der Waals surface area (Å²) in [6, 6.07) is 33.6. The highest BCUT2D eigenvalue weighted by Gasteiger charge is 2.37. The molecule has 2 aliphatic heterocycles. The number of ether oxygens (including phenoxy) is 1. The monoisotopic (exact) mass is 628 g/mol. The largest absolute Gasteiger partial charge is 0.457 e. The lowest BCUT2D eigenvalue weighted by atomic mass is 9.85. The highest BCUT2D eigenvalue weighted by molar-refractivity contribution is 5.83. The summed E-state index contributed by atoms with van der Waals surface area (Å²) >= 11 is 0. The molecule has 0 aliphatic carbocycles. The van der Waals surface area contributed by atoms with Gasteiger partial charge in [-0.1, -0.05) is 114 Å². The predicted octanol–water partition coefficient (Wildman–Crippen LogP) is 8.91. The summed E-state index contributed by atoms with van der Waals surface area (Å²) in [4.78, 5) is 31.2. The molecule has 5 heteroatoms. The van der Waals surface area contributed by atoms with Gasteiger partial charge in [0, 0.05) is 23.9 Å². The molecule has 2 unspecified atom stereocenters. The van der Waals surface area contributed by atoms with Crippen molar-refractivity contribution in [2.24, 2.45) is 10.8 Å². The van der Waals surface area contributed by atoms with Gasteiger partial charge in [-0.05, 0) is 83.3 Å². The van der Waals surface area contributed by atoms with Crippen molar-refractivity contribution in [3.63, 3.8) is 0 Å². The quantitative estimate of drug-likeness (QED) is 0.214. The molecule has 0 saturated carbocycles. The van der Waals surface area contributed by atoms with Gasteiger partial charge in [-0.15, -0.1) is 0 Å². The number of hydrogen-bond donors (Lipinski definition) is 0. The number of carbonyl (C=O) groups excluding carboxylic acids is 2. The second-order valence-corrected chi connectivity index (χ2v) is 15.2. The number of nitrogens with zero attached hydrogens (tertiary/aromatic N) is 2. The zero-order valence-electron chi connectivity index (χ0n) is 28.8. The minimum absolute atomic E-state index is 0.00442. The lowest BCUT2D eigenvalue weighted by Crippen LogP contribution is -2.46.